The molecule has 6 heterocycles. The molecule has 1 fully saturated rings. The average Bonchev–Trinajstić information content (AvgIpc) is 3.71. The van der Waals surface area contributed by atoms with E-state index in [0.717, 1.165) is 36.8 Å². The molecule has 1 saturated heterocycles. The van der Waals surface area contributed by atoms with E-state index in [1.165, 1.54) is 6.07 Å². The number of halogens is 3. The lowest BCUT2D eigenvalue weighted by Crippen LogP contribution is -2.43. The van der Waals surface area contributed by atoms with Gasteiger partial charge in [-0.05, 0) is 47.4 Å². The molecule has 5 aromatic rings. The molecule has 2 N–H and O–H groups in total. The van der Waals surface area contributed by atoms with Gasteiger partial charge in [0, 0.05) is 64.9 Å². The van der Waals surface area contributed by atoms with Gasteiger partial charge < -0.3 is 24.4 Å². The number of aromatic amines is 1. The predicted octanol–water partition coefficient (Wildman–Crippen LogP) is 5.61. The number of piperazine rings is 1. The maximum absolute atomic E-state index is 14.1. The van der Waals surface area contributed by atoms with Gasteiger partial charge in [0.25, 0.3) is 5.89 Å². The molecule has 0 radical (unpaired) electrons. The average molecular weight is 661 g/mol. The number of benzene rings is 1. The fraction of sp³-hybridized carbons (Fsp3) is 0.382. The normalized spacial score (nSPS) is 17.1. The van der Waals surface area contributed by atoms with Crippen LogP contribution in [0.4, 0.5) is 13.2 Å². The Morgan fingerprint density at radius 1 is 1.10 bits per heavy atom. The van der Waals surface area contributed by atoms with Gasteiger partial charge in [0.1, 0.15) is 22.8 Å². The van der Waals surface area contributed by atoms with Gasteiger partial charge in [-0.3, -0.25) is 14.7 Å². The van der Waals surface area contributed by atoms with Crippen molar-refractivity contribution in [3.8, 4) is 23.1 Å². The minimum Gasteiger partial charge on any atom is -0.455 e. The summed E-state index contributed by atoms with van der Waals surface area (Å²) in [5.41, 5.74) is 2.80. The van der Waals surface area contributed by atoms with Crippen LogP contribution in [0.15, 0.2) is 53.2 Å². The Morgan fingerprint density at radius 3 is 2.69 bits per heavy atom. The molecule has 1 atom stereocenters. The van der Waals surface area contributed by atoms with Gasteiger partial charge in [-0.1, -0.05) is 19.1 Å². The van der Waals surface area contributed by atoms with Crippen LogP contribution in [0, 0.1) is 6.92 Å². The first-order chi connectivity index (χ1) is 23.1. The number of ether oxygens (including phenoxy) is 1. The Labute approximate surface area is 274 Å². The number of H-pyrrole nitrogens is 1. The lowest BCUT2D eigenvalue weighted by Gasteiger charge is -2.34. The van der Waals surface area contributed by atoms with Crippen molar-refractivity contribution < 1.29 is 27.1 Å². The molecular weight excluding hydrogens is 625 g/mol. The Bertz CT molecular complexity index is 1950. The summed E-state index contributed by atoms with van der Waals surface area (Å²) in [7, 11) is 0. The summed E-state index contributed by atoms with van der Waals surface area (Å²) >= 11 is 0. The van der Waals surface area contributed by atoms with Gasteiger partial charge >= 0.3 is 6.18 Å². The Kier molecular flexibility index (Phi) is 8.60. The summed E-state index contributed by atoms with van der Waals surface area (Å²) < 4.78 is 54.2. The molecule has 0 unspecified atom stereocenters. The van der Waals surface area contributed by atoms with E-state index >= 15 is 0 Å². The molecule has 2 aliphatic rings. The summed E-state index contributed by atoms with van der Waals surface area (Å²) in [4.78, 5) is 29.6. The summed E-state index contributed by atoms with van der Waals surface area (Å²) in [6.45, 7) is 7.55. The van der Waals surface area contributed by atoms with Crippen molar-refractivity contribution in [2.24, 2.45) is 0 Å². The van der Waals surface area contributed by atoms with E-state index in [-0.39, 0.29) is 36.9 Å². The Hall–Kier alpha value is -4.82. The summed E-state index contributed by atoms with van der Waals surface area (Å²) in [5, 5.41) is 11.9. The molecule has 4 aromatic heterocycles. The molecule has 0 spiro atoms. The highest BCUT2D eigenvalue weighted by atomic mass is 19.4. The number of rotatable bonds is 8. The number of pyridine rings is 2. The minimum absolute atomic E-state index is 0.0170. The SMILES string of the molecule is CC[C@H]1CN(C(=O)Cc2ccc(CN3CCNCC3)c(C(F)(F)F)c2)Cc2cc(Oc3ccnc4[nH]c(-c5nnc(C)o5)cc34)cnc21. The molecule has 0 saturated carbocycles. The van der Waals surface area contributed by atoms with Crippen molar-refractivity contribution in [3.63, 3.8) is 0 Å². The number of nitrogens with one attached hydrogen (secondary N) is 2. The lowest BCUT2D eigenvalue weighted by atomic mass is 9.92. The molecule has 1 aromatic carbocycles. The Balaban J connectivity index is 1.09. The van der Waals surface area contributed by atoms with E-state index in [4.69, 9.17) is 14.1 Å². The lowest BCUT2D eigenvalue weighted by molar-refractivity contribution is -0.138. The third-order valence-corrected chi connectivity index (χ3v) is 8.93. The second-order valence-electron chi connectivity index (χ2n) is 12.3. The predicted molar refractivity (Wildman–Crippen MR) is 170 cm³/mol. The fourth-order valence-corrected chi connectivity index (χ4v) is 6.46. The van der Waals surface area contributed by atoms with E-state index in [9.17, 15) is 18.0 Å². The van der Waals surface area contributed by atoms with Crippen LogP contribution in [0.2, 0.25) is 0 Å². The van der Waals surface area contributed by atoms with Crippen LogP contribution in [-0.4, -0.2) is 73.6 Å². The number of alkyl halides is 3. The first-order valence-corrected chi connectivity index (χ1v) is 16.0. The number of aryl methyl sites for hydroxylation is 1. The highest BCUT2D eigenvalue weighted by molar-refractivity contribution is 5.87. The van der Waals surface area contributed by atoms with Crippen LogP contribution < -0.4 is 10.1 Å². The van der Waals surface area contributed by atoms with Gasteiger partial charge in [-0.25, -0.2) is 4.98 Å². The topological polar surface area (TPSA) is 125 Å². The number of carbonyl (C=O) groups excluding carboxylic acids is 1. The quantitative estimate of drug-likeness (QED) is 0.219. The van der Waals surface area contributed by atoms with Crippen LogP contribution >= 0.6 is 0 Å². The first kappa shape index (κ1) is 31.8. The smallest absolute Gasteiger partial charge is 0.416 e. The summed E-state index contributed by atoms with van der Waals surface area (Å²) in [6.07, 6.45) is -0.610. The molecule has 0 aliphatic carbocycles. The van der Waals surface area contributed by atoms with Gasteiger partial charge in [0.2, 0.25) is 11.8 Å². The summed E-state index contributed by atoms with van der Waals surface area (Å²) in [6, 6.07) is 9.75. The number of carbonyl (C=O) groups is 1. The van der Waals surface area contributed by atoms with Gasteiger partial charge in [0.15, 0.2) is 0 Å². The molecule has 1 amide bonds. The second kappa shape index (κ2) is 13.0. The van der Waals surface area contributed by atoms with Crippen molar-refractivity contribution in [1.82, 2.24) is 40.3 Å². The molecule has 250 valence electrons. The zero-order valence-electron chi connectivity index (χ0n) is 26.6. The highest BCUT2D eigenvalue weighted by Crippen LogP contribution is 2.37. The number of aromatic nitrogens is 5. The molecule has 2 aliphatic heterocycles. The third-order valence-electron chi connectivity index (χ3n) is 8.93. The van der Waals surface area contributed by atoms with Gasteiger partial charge in [-0.15, -0.1) is 10.2 Å². The first-order valence-electron chi connectivity index (χ1n) is 16.0. The van der Waals surface area contributed by atoms with Crippen molar-refractivity contribution in [2.75, 3.05) is 32.7 Å². The standard InChI is InChI=1S/C34H35F3N8O3/c1-3-22-18-45(30(46)13-21-4-5-23(27(12-21)34(35,36)37)17-44-10-8-38-9-11-44)19-24-14-25(16-40-31(22)24)48-29-6-7-39-32-26(29)15-28(41-32)33-43-42-20(2)47-33/h4-7,12,14-16,22,38H,3,8-11,13,17-19H2,1-2H3,(H,39,41)/t22-/m0/s1. The molecule has 11 nitrogen and oxygen atoms in total. The van der Waals surface area contributed by atoms with Crippen LogP contribution in [0.25, 0.3) is 22.6 Å². The fourth-order valence-electron chi connectivity index (χ4n) is 6.46. The van der Waals surface area contributed by atoms with E-state index in [0.29, 0.717) is 65.2 Å². The maximum Gasteiger partial charge on any atom is 0.416 e. The number of nitrogens with zero attached hydrogens (tertiary/aromatic N) is 6. The molecule has 14 heteroatoms. The van der Waals surface area contributed by atoms with Crippen molar-refractivity contribution >= 4 is 16.9 Å². The molecular formula is C34H35F3N8O3. The maximum atomic E-state index is 14.1. The zero-order chi connectivity index (χ0) is 33.4. The second-order valence-corrected chi connectivity index (χ2v) is 12.3. The molecule has 48 heavy (non-hydrogen) atoms. The number of hydrogen-bond donors (Lipinski definition) is 2. The molecule has 0 bridgehead atoms. The van der Waals surface area contributed by atoms with Crippen LogP contribution in [0.3, 0.4) is 0 Å². The van der Waals surface area contributed by atoms with E-state index in [1.54, 1.807) is 36.4 Å². The highest BCUT2D eigenvalue weighted by Gasteiger charge is 2.35. The Morgan fingerprint density at radius 2 is 1.94 bits per heavy atom. The number of amides is 1. The largest absolute Gasteiger partial charge is 0.455 e. The van der Waals surface area contributed by atoms with Crippen LogP contribution in [0.5, 0.6) is 11.5 Å². The zero-order valence-corrected chi connectivity index (χ0v) is 26.6. The third kappa shape index (κ3) is 6.62. The van der Waals surface area contributed by atoms with E-state index in [2.05, 4.69) is 25.5 Å². The number of hydrogen-bond acceptors (Lipinski definition) is 9. The van der Waals surface area contributed by atoms with Crippen molar-refractivity contribution in [1.29, 1.82) is 0 Å². The van der Waals surface area contributed by atoms with E-state index in [1.807, 2.05) is 24.0 Å². The van der Waals surface area contributed by atoms with E-state index < -0.39 is 11.7 Å². The van der Waals surface area contributed by atoms with Crippen molar-refractivity contribution in [3.05, 3.63) is 82.6 Å². The van der Waals surface area contributed by atoms with Crippen LogP contribution in [-0.2, 0) is 30.5 Å². The van der Waals surface area contributed by atoms with Gasteiger partial charge in [-0.2, -0.15) is 13.2 Å². The number of fused-ring (bicyclic) bond motifs is 2. The van der Waals surface area contributed by atoms with Crippen molar-refractivity contribution in [2.45, 2.75) is 51.9 Å². The van der Waals surface area contributed by atoms with Crippen LogP contribution in [0.1, 0.15) is 53.1 Å². The minimum atomic E-state index is -4.52. The van der Waals surface area contributed by atoms with Gasteiger partial charge in [0.05, 0.1) is 29.3 Å². The monoisotopic (exact) mass is 660 g/mol. The molecule has 7 rings (SSSR count). The summed E-state index contributed by atoms with van der Waals surface area (Å²) in [5.74, 6) is 1.55.